The Morgan fingerprint density at radius 3 is 2.26 bits per heavy atom. The van der Waals surface area contributed by atoms with E-state index in [1.165, 1.54) is 58.8 Å². The lowest BCUT2D eigenvalue weighted by atomic mass is 9.84. The summed E-state index contributed by atoms with van der Waals surface area (Å²) < 4.78 is 6.45. The molecular formula is C35H33NOS. The molecule has 0 atom stereocenters. The first-order valence-electron chi connectivity index (χ1n) is 13.6. The second kappa shape index (κ2) is 8.10. The van der Waals surface area contributed by atoms with Gasteiger partial charge in [0.2, 0.25) is 0 Å². The highest BCUT2D eigenvalue weighted by atomic mass is 32.2. The van der Waals surface area contributed by atoms with Crippen molar-refractivity contribution >= 4 is 55.2 Å². The highest BCUT2D eigenvalue weighted by molar-refractivity contribution is 8.00. The van der Waals surface area contributed by atoms with E-state index in [4.69, 9.17) is 9.40 Å². The van der Waals surface area contributed by atoms with Gasteiger partial charge < -0.3 is 4.42 Å². The van der Waals surface area contributed by atoms with E-state index in [0.29, 0.717) is 0 Å². The predicted octanol–water partition coefficient (Wildman–Crippen LogP) is 10.6. The molecule has 1 aliphatic heterocycles. The van der Waals surface area contributed by atoms with Crippen molar-refractivity contribution in [3.05, 3.63) is 78.0 Å². The molecule has 7 rings (SSSR count). The number of furan rings is 1. The van der Waals surface area contributed by atoms with Gasteiger partial charge in [0.1, 0.15) is 11.2 Å². The average Bonchev–Trinajstić information content (AvgIpc) is 3.22. The van der Waals surface area contributed by atoms with Crippen molar-refractivity contribution in [2.24, 2.45) is 10.8 Å². The minimum atomic E-state index is 0.129. The topological polar surface area (TPSA) is 26.0 Å². The molecule has 0 amide bonds. The summed E-state index contributed by atoms with van der Waals surface area (Å²) in [5.74, 6) is 0. The van der Waals surface area contributed by atoms with Gasteiger partial charge in [-0.3, -0.25) is 4.98 Å². The van der Waals surface area contributed by atoms with E-state index in [-0.39, 0.29) is 10.8 Å². The Kier molecular flexibility index (Phi) is 5.07. The molecule has 2 aromatic heterocycles. The number of pyridine rings is 1. The summed E-state index contributed by atoms with van der Waals surface area (Å²) in [5, 5.41) is 7.70. The first-order chi connectivity index (χ1) is 18.1. The van der Waals surface area contributed by atoms with Gasteiger partial charge in [-0.1, -0.05) is 89.7 Å². The fourth-order valence-corrected chi connectivity index (χ4v) is 7.49. The smallest absolute Gasteiger partial charge is 0.136 e. The van der Waals surface area contributed by atoms with Gasteiger partial charge in [0.15, 0.2) is 0 Å². The van der Waals surface area contributed by atoms with Crippen molar-refractivity contribution in [3.63, 3.8) is 0 Å². The summed E-state index contributed by atoms with van der Waals surface area (Å²) in [6.45, 7) is 13.9. The van der Waals surface area contributed by atoms with Gasteiger partial charge >= 0.3 is 0 Å². The summed E-state index contributed by atoms with van der Waals surface area (Å²) in [7, 11) is 0. The number of aromatic nitrogens is 1. The minimum Gasteiger partial charge on any atom is -0.456 e. The zero-order chi connectivity index (χ0) is 26.4. The van der Waals surface area contributed by atoms with Crippen molar-refractivity contribution in [2.75, 3.05) is 0 Å². The van der Waals surface area contributed by atoms with E-state index in [1.807, 2.05) is 18.0 Å². The van der Waals surface area contributed by atoms with Crippen LogP contribution in [0.15, 0.2) is 81.1 Å². The van der Waals surface area contributed by atoms with Gasteiger partial charge in [0.25, 0.3) is 0 Å². The second-order valence-electron chi connectivity index (χ2n) is 13.2. The van der Waals surface area contributed by atoms with Crippen LogP contribution >= 0.6 is 11.8 Å². The first kappa shape index (κ1) is 23.8. The van der Waals surface area contributed by atoms with Crippen molar-refractivity contribution in [2.45, 2.75) is 64.2 Å². The Morgan fingerprint density at radius 2 is 1.47 bits per heavy atom. The molecule has 0 saturated carbocycles. The fraction of sp³-hybridized carbons (Fsp3) is 0.286. The lowest BCUT2D eigenvalue weighted by molar-refractivity contribution is 0.410. The molecule has 0 aliphatic carbocycles. The maximum absolute atomic E-state index is 6.45. The standard InChI is InChI=1S/C35H33NOS/c1-34(2,3)18-20-10-9-12-21-22-14-15-36-32-25-16-28-30(23-11-7-8-13-27(23)37-28)26(19-35(4,5)6)33(25)38-29(31(22)32)17-24(20)21/h7-17H,18-19H2,1-6H3. The van der Waals surface area contributed by atoms with Crippen LogP contribution in [-0.2, 0) is 12.8 Å². The second-order valence-corrected chi connectivity index (χ2v) is 14.3. The SMILES string of the molecule is CC(C)(C)Cc1cccc2c1cc1c3c(nccc32)-c2cc3oc4ccccc4c3c(CC(C)(C)C)c2S1. The highest BCUT2D eigenvalue weighted by Gasteiger charge is 2.29. The molecule has 3 heteroatoms. The summed E-state index contributed by atoms with van der Waals surface area (Å²) in [4.78, 5) is 7.66. The molecular weight excluding hydrogens is 482 g/mol. The van der Waals surface area contributed by atoms with E-state index in [2.05, 4.69) is 102 Å². The van der Waals surface area contributed by atoms with Gasteiger partial charge in [-0.15, -0.1) is 0 Å². The fourth-order valence-electron chi connectivity index (χ4n) is 6.22. The molecule has 6 aromatic rings. The van der Waals surface area contributed by atoms with Gasteiger partial charge in [-0.05, 0) is 75.2 Å². The Balaban J connectivity index is 1.58. The molecule has 0 saturated heterocycles. The van der Waals surface area contributed by atoms with E-state index in [0.717, 1.165) is 29.7 Å². The van der Waals surface area contributed by atoms with E-state index < -0.39 is 0 Å². The number of para-hydroxylation sites is 1. The average molecular weight is 516 g/mol. The van der Waals surface area contributed by atoms with Crippen LogP contribution in [0, 0.1) is 10.8 Å². The summed E-state index contributed by atoms with van der Waals surface area (Å²) in [5.41, 5.74) is 7.33. The largest absolute Gasteiger partial charge is 0.456 e. The third kappa shape index (κ3) is 3.74. The first-order valence-corrected chi connectivity index (χ1v) is 14.4. The van der Waals surface area contributed by atoms with Crippen LogP contribution in [0.3, 0.4) is 0 Å². The number of hydrogen-bond acceptors (Lipinski definition) is 3. The summed E-state index contributed by atoms with van der Waals surface area (Å²) in [6.07, 6.45) is 4.01. The molecule has 0 N–H and O–H groups in total. The monoisotopic (exact) mass is 515 g/mol. The van der Waals surface area contributed by atoms with Crippen LogP contribution in [0.4, 0.5) is 0 Å². The Labute approximate surface area is 228 Å². The Morgan fingerprint density at radius 1 is 0.711 bits per heavy atom. The molecule has 190 valence electrons. The third-order valence-corrected chi connectivity index (χ3v) is 8.79. The Hall–Kier alpha value is -3.30. The van der Waals surface area contributed by atoms with Gasteiger partial charge in [0.05, 0.1) is 5.69 Å². The maximum Gasteiger partial charge on any atom is 0.136 e. The molecule has 0 spiro atoms. The van der Waals surface area contributed by atoms with Crippen LogP contribution < -0.4 is 0 Å². The number of benzene rings is 4. The van der Waals surface area contributed by atoms with Crippen LogP contribution in [0.2, 0.25) is 0 Å². The molecule has 4 aromatic carbocycles. The van der Waals surface area contributed by atoms with Crippen molar-refractivity contribution < 1.29 is 4.42 Å². The maximum atomic E-state index is 6.45. The molecule has 0 fully saturated rings. The van der Waals surface area contributed by atoms with Crippen molar-refractivity contribution in [3.8, 4) is 11.3 Å². The van der Waals surface area contributed by atoms with E-state index in [1.54, 1.807) is 0 Å². The van der Waals surface area contributed by atoms with E-state index >= 15 is 0 Å². The zero-order valence-corrected chi connectivity index (χ0v) is 23.8. The summed E-state index contributed by atoms with van der Waals surface area (Å²) in [6, 6.07) is 22.1. The molecule has 3 heterocycles. The van der Waals surface area contributed by atoms with Crippen molar-refractivity contribution in [1.29, 1.82) is 0 Å². The number of hydrogen-bond donors (Lipinski definition) is 0. The lowest BCUT2D eigenvalue weighted by Gasteiger charge is -2.27. The summed E-state index contributed by atoms with van der Waals surface area (Å²) >= 11 is 1.93. The molecule has 0 radical (unpaired) electrons. The third-order valence-electron chi connectivity index (χ3n) is 7.57. The molecule has 1 aliphatic rings. The van der Waals surface area contributed by atoms with Crippen LogP contribution in [0.1, 0.15) is 52.7 Å². The molecule has 0 unspecified atom stereocenters. The molecule has 0 bridgehead atoms. The Bertz CT molecular complexity index is 1910. The quantitative estimate of drug-likeness (QED) is 0.214. The number of rotatable bonds is 2. The van der Waals surface area contributed by atoms with E-state index in [9.17, 15) is 0 Å². The van der Waals surface area contributed by atoms with Crippen LogP contribution in [0.25, 0.3) is 54.7 Å². The minimum absolute atomic E-state index is 0.129. The number of fused-ring (bicyclic) bond motifs is 7. The normalized spacial score (nSPS) is 13.6. The van der Waals surface area contributed by atoms with Gasteiger partial charge in [-0.25, -0.2) is 0 Å². The lowest BCUT2D eigenvalue weighted by Crippen LogP contribution is -2.12. The van der Waals surface area contributed by atoms with Crippen molar-refractivity contribution in [1.82, 2.24) is 4.98 Å². The van der Waals surface area contributed by atoms with Crippen LogP contribution in [0.5, 0.6) is 0 Å². The predicted molar refractivity (Wildman–Crippen MR) is 162 cm³/mol. The van der Waals surface area contributed by atoms with Crippen LogP contribution in [-0.4, -0.2) is 4.98 Å². The number of nitrogens with zero attached hydrogens (tertiary/aromatic N) is 1. The molecule has 38 heavy (non-hydrogen) atoms. The van der Waals surface area contributed by atoms with Gasteiger partial charge in [0, 0.05) is 37.7 Å². The molecule has 2 nitrogen and oxygen atoms in total. The zero-order valence-electron chi connectivity index (χ0n) is 23.0. The highest BCUT2D eigenvalue weighted by Crippen LogP contribution is 2.53. The van der Waals surface area contributed by atoms with Gasteiger partial charge in [-0.2, -0.15) is 0 Å².